The van der Waals surface area contributed by atoms with Crippen LogP contribution in [-0.2, 0) is 10.3 Å². The number of amides is 1. The number of nitrogens with zero attached hydrogens (tertiary/aromatic N) is 2. The molecule has 0 bridgehead atoms. The van der Waals surface area contributed by atoms with Gasteiger partial charge in [0, 0.05) is 11.1 Å². The highest BCUT2D eigenvalue weighted by Crippen LogP contribution is 2.29. The first-order valence-corrected chi connectivity index (χ1v) is 7.31. The Labute approximate surface area is 131 Å². The number of hydrogen-bond donors (Lipinski definition) is 2. The van der Waals surface area contributed by atoms with Crippen molar-refractivity contribution in [3.63, 3.8) is 0 Å². The highest BCUT2D eigenvalue weighted by Gasteiger charge is 2.30. The molecule has 8 heteroatoms. The standard InChI is InChI=1S/C14H17N3O4S/c1-8-5-10(21-4)11(22-8)12(18)16-9-6-15-17(7-9)14(2,3)13(19)20/h5-7H,1-4H3,(H,16,18)(H,19,20). The molecule has 0 fully saturated rings. The fourth-order valence-electron chi connectivity index (χ4n) is 1.78. The second kappa shape index (κ2) is 5.80. The number of hydrogen-bond acceptors (Lipinski definition) is 5. The Morgan fingerprint density at radius 3 is 2.73 bits per heavy atom. The number of aliphatic carboxylic acids is 1. The average Bonchev–Trinajstić information content (AvgIpc) is 3.05. The number of carbonyl (C=O) groups excluding carboxylic acids is 1. The zero-order chi connectivity index (χ0) is 16.5. The zero-order valence-electron chi connectivity index (χ0n) is 12.7. The Balaban J connectivity index is 2.20. The molecule has 0 aliphatic rings. The van der Waals surface area contributed by atoms with Gasteiger partial charge in [0.1, 0.15) is 10.6 Å². The van der Waals surface area contributed by atoms with Crippen LogP contribution in [-0.4, -0.2) is 33.9 Å². The second-order valence-corrected chi connectivity index (χ2v) is 6.50. The molecule has 0 saturated heterocycles. The number of rotatable bonds is 5. The topological polar surface area (TPSA) is 93.5 Å². The van der Waals surface area contributed by atoms with Gasteiger partial charge in [0.2, 0.25) is 0 Å². The molecule has 7 nitrogen and oxygen atoms in total. The number of carboxylic acids is 1. The number of ether oxygens (including phenoxy) is 1. The third-order valence-corrected chi connectivity index (χ3v) is 4.21. The van der Waals surface area contributed by atoms with Crippen molar-refractivity contribution in [2.75, 3.05) is 12.4 Å². The molecule has 0 aromatic carbocycles. The molecule has 2 aromatic rings. The number of aryl methyl sites for hydroxylation is 1. The van der Waals surface area contributed by atoms with Gasteiger partial charge in [-0.15, -0.1) is 11.3 Å². The molecule has 0 spiro atoms. The Morgan fingerprint density at radius 2 is 2.14 bits per heavy atom. The van der Waals surface area contributed by atoms with Crippen molar-refractivity contribution in [3.05, 3.63) is 28.2 Å². The number of carboxylic acid groups (broad SMARTS) is 1. The number of aromatic nitrogens is 2. The van der Waals surface area contributed by atoms with Crippen LogP contribution in [0.4, 0.5) is 5.69 Å². The summed E-state index contributed by atoms with van der Waals surface area (Å²) in [6.45, 7) is 4.94. The number of thiophene rings is 1. The number of nitrogens with one attached hydrogen (secondary N) is 1. The van der Waals surface area contributed by atoms with E-state index in [-0.39, 0.29) is 5.91 Å². The lowest BCUT2D eigenvalue weighted by molar-refractivity contribution is -0.146. The Bertz CT molecular complexity index is 717. The summed E-state index contributed by atoms with van der Waals surface area (Å²) in [5.74, 6) is -0.815. The zero-order valence-corrected chi connectivity index (χ0v) is 13.5. The summed E-state index contributed by atoms with van der Waals surface area (Å²) in [4.78, 5) is 24.9. The molecule has 1 amide bonds. The third-order valence-electron chi connectivity index (χ3n) is 3.18. The molecule has 0 saturated carbocycles. The molecule has 0 atom stereocenters. The quantitative estimate of drug-likeness (QED) is 0.881. The molecule has 0 aliphatic carbocycles. The lowest BCUT2D eigenvalue weighted by Crippen LogP contribution is -2.35. The van der Waals surface area contributed by atoms with Gasteiger partial charge in [-0.3, -0.25) is 9.48 Å². The van der Waals surface area contributed by atoms with Crippen molar-refractivity contribution in [1.82, 2.24) is 9.78 Å². The summed E-state index contributed by atoms with van der Waals surface area (Å²) in [5.41, 5.74) is -0.771. The minimum atomic E-state index is -1.19. The van der Waals surface area contributed by atoms with E-state index in [1.54, 1.807) is 6.07 Å². The molecule has 2 rings (SSSR count). The van der Waals surface area contributed by atoms with E-state index in [0.29, 0.717) is 16.3 Å². The molecular weight excluding hydrogens is 306 g/mol. The van der Waals surface area contributed by atoms with E-state index in [2.05, 4.69) is 10.4 Å². The Kier molecular flexibility index (Phi) is 4.23. The maximum absolute atomic E-state index is 12.3. The normalized spacial score (nSPS) is 11.3. The van der Waals surface area contributed by atoms with Gasteiger partial charge in [-0.1, -0.05) is 0 Å². The van der Waals surface area contributed by atoms with E-state index < -0.39 is 11.5 Å². The van der Waals surface area contributed by atoms with Crippen LogP contribution in [0.3, 0.4) is 0 Å². The van der Waals surface area contributed by atoms with Gasteiger partial charge in [0.05, 0.1) is 19.0 Å². The first-order chi connectivity index (χ1) is 10.3. The SMILES string of the molecule is COc1cc(C)sc1C(=O)Nc1cnn(C(C)(C)C(=O)O)c1. The average molecular weight is 323 g/mol. The van der Waals surface area contributed by atoms with E-state index in [4.69, 9.17) is 4.74 Å². The van der Waals surface area contributed by atoms with Crippen LogP contribution in [0.2, 0.25) is 0 Å². The Morgan fingerprint density at radius 1 is 1.45 bits per heavy atom. The first kappa shape index (κ1) is 16.0. The lowest BCUT2D eigenvalue weighted by atomic mass is 10.1. The van der Waals surface area contributed by atoms with Crippen molar-refractivity contribution < 1.29 is 19.4 Å². The van der Waals surface area contributed by atoms with Crippen LogP contribution in [0, 0.1) is 6.92 Å². The summed E-state index contributed by atoms with van der Waals surface area (Å²) in [6, 6.07) is 1.79. The molecule has 0 radical (unpaired) electrons. The van der Waals surface area contributed by atoms with Gasteiger partial charge in [0.15, 0.2) is 5.54 Å². The molecule has 2 N–H and O–H groups in total. The number of methoxy groups -OCH3 is 1. The summed E-state index contributed by atoms with van der Waals surface area (Å²) in [5, 5.41) is 15.9. The van der Waals surface area contributed by atoms with Gasteiger partial charge in [0.25, 0.3) is 5.91 Å². The fraction of sp³-hybridized carbons (Fsp3) is 0.357. The van der Waals surface area contributed by atoms with Crippen molar-refractivity contribution in [2.24, 2.45) is 0 Å². The van der Waals surface area contributed by atoms with E-state index in [1.165, 1.54) is 49.4 Å². The maximum Gasteiger partial charge on any atom is 0.331 e. The highest BCUT2D eigenvalue weighted by atomic mass is 32.1. The molecular formula is C14H17N3O4S. The van der Waals surface area contributed by atoms with Gasteiger partial charge in [-0.2, -0.15) is 5.10 Å². The summed E-state index contributed by atoms with van der Waals surface area (Å²) < 4.78 is 6.46. The van der Waals surface area contributed by atoms with Crippen LogP contribution < -0.4 is 10.1 Å². The molecule has 0 unspecified atom stereocenters. The van der Waals surface area contributed by atoms with E-state index in [0.717, 1.165) is 4.88 Å². The summed E-state index contributed by atoms with van der Waals surface area (Å²) >= 11 is 1.33. The van der Waals surface area contributed by atoms with E-state index in [1.807, 2.05) is 6.92 Å². The molecule has 2 heterocycles. The molecule has 2 aromatic heterocycles. The van der Waals surface area contributed by atoms with Crippen LogP contribution in [0.5, 0.6) is 5.75 Å². The van der Waals surface area contributed by atoms with Crippen molar-refractivity contribution in [3.8, 4) is 5.75 Å². The molecule has 22 heavy (non-hydrogen) atoms. The second-order valence-electron chi connectivity index (χ2n) is 5.25. The van der Waals surface area contributed by atoms with Crippen molar-refractivity contribution in [2.45, 2.75) is 26.3 Å². The van der Waals surface area contributed by atoms with Crippen molar-refractivity contribution >= 4 is 28.9 Å². The van der Waals surface area contributed by atoms with E-state index in [9.17, 15) is 14.7 Å². The highest BCUT2D eigenvalue weighted by molar-refractivity contribution is 7.14. The molecule has 118 valence electrons. The van der Waals surface area contributed by atoms with Crippen LogP contribution in [0.15, 0.2) is 18.5 Å². The predicted octanol–water partition coefficient (Wildman–Crippen LogP) is 2.33. The van der Waals surface area contributed by atoms with Crippen LogP contribution in [0.25, 0.3) is 0 Å². The number of anilines is 1. The monoisotopic (exact) mass is 323 g/mol. The van der Waals surface area contributed by atoms with Gasteiger partial charge < -0.3 is 15.2 Å². The maximum atomic E-state index is 12.3. The van der Waals surface area contributed by atoms with Crippen LogP contribution in [0.1, 0.15) is 28.4 Å². The van der Waals surface area contributed by atoms with Gasteiger partial charge in [-0.25, -0.2) is 4.79 Å². The van der Waals surface area contributed by atoms with Crippen LogP contribution >= 0.6 is 11.3 Å². The first-order valence-electron chi connectivity index (χ1n) is 6.50. The molecule has 0 aliphatic heterocycles. The largest absolute Gasteiger partial charge is 0.495 e. The fourth-order valence-corrected chi connectivity index (χ4v) is 2.65. The summed E-state index contributed by atoms with van der Waals surface area (Å²) in [6.07, 6.45) is 2.90. The minimum absolute atomic E-state index is 0.317. The number of carbonyl (C=O) groups is 2. The lowest BCUT2D eigenvalue weighted by Gasteiger charge is -2.19. The van der Waals surface area contributed by atoms with E-state index >= 15 is 0 Å². The minimum Gasteiger partial charge on any atom is -0.495 e. The summed E-state index contributed by atoms with van der Waals surface area (Å²) in [7, 11) is 1.51. The van der Waals surface area contributed by atoms with Gasteiger partial charge in [-0.05, 0) is 26.8 Å². The predicted molar refractivity (Wildman–Crippen MR) is 82.7 cm³/mol. The smallest absolute Gasteiger partial charge is 0.331 e. The van der Waals surface area contributed by atoms with Crippen molar-refractivity contribution in [1.29, 1.82) is 0 Å². The Hall–Kier alpha value is -2.35. The third kappa shape index (κ3) is 2.96. The van der Waals surface area contributed by atoms with Gasteiger partial charge >= 0.3 is 5.97 Å².